The first kappa shape index (κ1) is 23.6. The summed E-state index contributed by atoms with van der Waals surface area (Å²) in [4.78, 5) is 6.73. The van der Waals surface area contributed by atoms with Crippen molar-refractivity contribution < 1.29 is 0 Å². The number of rotatable bonds is 3. The fourth-order valence-electron chi connectivity index (χ4n) is 4.11. The third-order valence-electron chi connectivity index (χ3n) is 5.31. The Bertz CT molecular complexity index is 444. The fraction of sp³-hybridized carbons (Fsp3) is 0.714. The lowest BCUT2D eigenvalue weighted by Crippen LogP contribution is -2.59. The summed E-state index contributed by atoms with van der Waals surface area (Å²) in [6.45, 7) is 8.51. The minimum absolute atomic E-state index is 0.287. The van der Waals surface area contributed by atoms with Gasteiger partial charge in [-0.15, -0.1) is 0 Å². The monoisotopic (exact) mass is 570 g/mol. The Kier molecular flexibility index (Phi) is 12.2. The molecule has 4 heteroatoms. The van der Waals surface area contributed by atoms with E-state index in [2.05, 4.69) is 99.6 Å². The van der Waals surface area contributed by atoms with Gasteiger partial charge >= 0.3 is 0 Å². The van der Waals surface area contributed by atoms with Crippen LogP contribution in [0.2, 0.25) is 0 Å². The van der Waals surface area contributed by atoms with E-state index in [1.54, 1.807) is 0 Å². The highest BCUT2D eigenvalue weighted by Gasteiger charge is 2.37. The van der Waals surface area contributed by atoms with Crippen molar-refractivity contribution in [3.8, 4) is 0 Å². The number of nitrogens with zero attached hydrogens (tertiary/aromatic N) is 1. The maximum absolute atomic E-state index is 3.77. The Labute approximate surface area is 183 Å². The summed E-state index contributed by atoms with van der Waals surface area (Å²) in [5.41, 5.74) is 1.78. The molecule has 2 unspecified atom stereocenters. The molecule has 1 aromatic rings. The number of alkyl halides is 2. The topological polar surface area (TPSA) is 15.3 Å². The molecular formula is C21H36I2N2. The minimum atomic E-state index is 0.287. The van der Waals surface area contributed by atoms with Crippen molar-refractivity contribution in [3.05, 3.63) is 35.9 Å². The van der Waals surface area contributed by atoms with Gasteiger partial charge in [0.15, 0.2) is 0 Å². The van der Waals surface area contributed by atoms with Crippen molar-refractivity contribution in [1.29, 1.82) is 0 Å². The largest absolute Gasteiger partial charge is 0.311 e. The predicted octanol–water partition coefficient (Wildman–Crippen LogP) is 5.57. The molecule has 0 amide bonds. The SMILES string of the molecule is CC1(C)CC(N2CCCCC2)C(Cc2ccccc2)CN1.CI.CI. The van der Waals surface area contributed by atoms with Crippen molar-refractivity contribution in [2.45, 2.75) is 57.5 Å². The van der Waals surface area contributed by atoms with Crippen LogP contribution in [0.4, 0.5) is 0 Å². The molecule has 0 saturated carbocycles. The first-order valence-corrected chi connectivity index (χ1v) is 13.7. The second-order valence-corrected chi connectivity index (χ2v) is 7.58. The number of hydrogen-bond acceptors (Lipinski definition) is 2. The smallest absolute Gasteiger partial charge is 0.0156 e. The lowest BCUT2D eigenvalue weighted by molar-refractivity contribution is 0.0571. The molecule has 2 aliphatic heterocycles. The number of nitrogens with one attached hydrogen (secondary N) is 1. The second kappa shape index (κ2) is 12.9. The van der Waals surface area contributed by atoms with Gasteiger partial charge in [0.25, 0.3) is 0 Å². The molecule has 0 aromatic heterocycles. The molecule has 3 rings (SSSR count). The first-order chi connectivity index (χ1) is 12.1. The van der Waals surface area contributed by atoms with Gasteiger partial charge in [-0.2, -0.15) is 0 Å². The Balaban J connectivity index is 0.000000730. The van der Waals surface area contributed by atoms with Crippen molar-refractivity contribution in [2.24, 2.45) is 5.92 Å². The summed E-state index contributed by atoms with van der Waals surface area (Å²) >= 11 is 4.30. The van der Waals surface area contributed by atoms with Crippen LogP contribution in [-0.4, -0.2) is 46.0 Å². The molecule has 1 aromatic carbocycles. The van der Waals surface area contributed by atoms with E-state index in [9.17, 15) is 0 Å². The molecule has 0 aliphatic carbocycles. The summed E-state index contributed by atoms with van der Waals surface area (Å²) in [6, 6.07) is 11.8. The van der Waals surface area contributed by atoms with Gasteiger partial charge in [-0.05, 0) is 74.0 Å². The summed E-state index contributed by atoms with van der Waals surface area (Å²) < 4.78 is 0. The zero-order chi connectivity index (χ0) is 18.7. The van der Waals surface area contributed by atoms with Crippen LogP contribution in [0.1, 0.15) is 45.1 Å². The average Bonchev–Trinajstić information content (AvgIpc) is 2.68. The summed E-state index contributed by atoms with van der Waals surface area (Å²) in [6.07, 6.45) is 6.70. The number of hydrogen-bond donors (Lipinski definition) is 1. The van der Waals surface area contributed by atoms with Crippen molar-refractivity contribution in [1.82, 2.24) is 10.2 Å². The molecule has 2 atom stereocenters. The van der Waals surface area contributed by atoms with E-state index in [-0.39, 0.29) is 5.54 Å². The Morgan fingerprint density at radius 1 is 1.00 bits per heavy atom. The fourth-order valence-corrected chi connectivity index (χ4v) is 4.11. The van der Waals surface area contributed by atoms with E-state index in [0.29, 0.717) is 0 Å². The zero-order valence-electron chi connectivity index (χ0n) is 16.4. The van der Waals surface area contributed by atoms with E-state index >= 15 is 0 Å². The highest BCUT2D eigenvalue weighted by molar-refractivity contribution is 14.1. The lowest BCUT2D eigenvalue weighted by atomic mass is 9.78. The average molecular weight is 570 g/mol. The van der Waals surface area contributed by atoms with E-state index in [1.165, 1.54) is 50.8 Å². The minimum Gasteiger partial charge on any atom is -0.311 e. The molecule has 144 valence electrons. The van der Waals surface area contributed by atoms with E-state index < -0.39 is 0 Å². The number of benzene rings is 1. The summed E-state index contributed by atoms with van der Waals surface area (Å²) in [5.74, 6) is 0.749. The predicted molar refractivity (Wildman–Crippen MR) is 129 cm³/mol. The first-order valence-electron chi connectivity index (χ1n) is 9.43. The van der Waals surface area contributed by atoms with Crippen molar-refractivity contribution in [3.63, 3.8) is 0 Å². The molecular weight excluding hydrogens is 534 g/mol. The number of halogens is 2. The third kappa shape index (κ3) is 8.01. The van der Waals surface area contributed by atoms with Gasteiger partial charge < -0.3 is 5.32 Å². The Morgan fingerprint density at radius 2 is 1.60 bits per heavy atom. The molecule has 0 bridgehead atoms. The lowest BCUT2D eigenvalue weighted by Gasteiger charge is -2.48. The highest BCUT2D eigenvalue weighted by Crippen LogP contribution is 2.31. The molecule has 1 N–H and O–H groups in total. The standard InChI is InChI=1S/C19H30N2.2CH3I/c1-19(2)14-18(21-11-7-4-8-12-21)17(15-20-19)13-16-9-5-3-6-10-16;2*1-2/h3,5-6,9-10,17-18,20H,4,7-8,11-15H2,1-2H3;2*1H3. The van der Waals surface area contributed by atoms with Gasteiger partial charge in [0, 0.05) is 18.1 Å². The van der Waals surface area contributed by atoms with E-state index in [0.717, 1.165) is 18.5 Å². The molecule has 2 nitrogen and oxygen atoms in total. The van der Waals surface area contributed by atoms with E-state index in [4.69, 9.17) is 0 Å². The van der Waals surface area contributed by atoms with Crippen LogP contribution in [-0.2, 0) is 6.42 Å². The molecule has 2 saturated heterocycles. The van der Waals surface area contributed by atoms with Crippen LogP contribution in [0.3, 0.4) is 0 Å². The highest BCUT2D eigenvalue weighted by atomic mass is 127. The number of piperidine rings is 2. The molecule has 2 heterocycles. The quantitative estimate of drug-likeness (QED) is 0.378. The molecule has 25 heavy (non-hydrogen) atoms. The second-order valence-electron chi connectivity index (χ2n) is 7.58. The van der Waals surface area contributed by atoms with Gasteiger partial charge in [0.05, 0.1) is 0 Å². The van der Waals surface area contributed by atoms with Crippen LogP contribution in [0.25, 0.3) is 0 Å². The molecule has 0 radical (unpaired) electrons. The zero-order valence-corrected chi connectivity index (χ0v) is 20.7. The molecule has 2 aliphatic rings. The summed E-state index contributed by atoms with van der Waals surface area (Å²) in [7, 11) is 0. The van der Waals surface area contributed by atoms with Gasteiger partial charge in [0.1, 0.15) is 0 Å². The van der Waals surface area contributed by atoms with Crippen molar-refractivity contribution in [2.75, 3.05) is 29.5 Å². The van der Waals surface area contributed by atoms with Crippen LogP contribution in [0, 0.1) is 5.92 Å². The number of likely N-dealkylation sites (tertiary alicyclic amines) is 1. The van der Waals surface area contributed by atoms with Crippen LogP contribution < -0.4 is 5.32 Å². The maximum Gasteiger partial charge on any atom is 0.0156 e. The summed E-state index contributed by atoms with van der Waals surface area (Å²) in [5, 5.41) is 3.77. The van der Waals surface area contributed by atoms with Gasteiger partial charge in [-0.3, -0.25) is 4.90 Å². The maximum atomic E-state index is 3.77. The third-order valence-corrected chi connectivity index (χ3v) is 5.31. The van der Waals surface area contributed by atoms with E-state index in [1.807, 2.05) is 9.86 Å². The molecule has 0 spiro atoms. The van der Waals surface area contributed by atoms with Crippen LogP contribution in [0.15, 0.2) is 30.3 Å². The van der Waals surface area contributed by atoms with Crippen LogP contribution >= 0.6 is 45.2 Å². The Morgan fingerprint density at radius 3 is 2.20 bits per heavy atom. The normalized spacial score (nSPS) is 25.8. The Hall–Kier alpha value is 0.600. The van der Waals surface area contributed by atoms with Crippen molar-refractivity contribution >= 4 is 45.2 Å². The molecule has 2 fully saturated rings. The van der Waals surface area contributed by atoms with Gasteiger partial charge in [-0.25, -0.2) is 0 Å². The van der Waals surface area contributed by atoms with Crippen LogP contribution in [0.5, 0.6) is 0 Å². The van der Waals surface area contributed by atoms with Gasteiger partial charge in [0.2, 0.25) is 0 Å². The van der Waals surface area contributed by atoms with Gasteiger partial charge in [-0.1, -0.05) is 81.9 Å².